The Labute approximate surface area is 162 Å². The van der Waals surface area contributed by atoms with Crippen LogP contribution in [0.4, 0.5) is 0 Å². The van der Waals surface area contributed by atoms with Gasteiger partial charge in [-0.25, -0.2) is 0 Å². The molecule has 1 atom stereocenters. The lowest BCUT2D eigenvalue weighted by molar-refractivity contribution is -0.122. The fourth-order valence-electron chi connectivity index (χ4n) is 4.86. The van der Waals surface area contributed by atoms with Crippen LogP contribution in [0, 0.1) is 11.3 Å². The van der Waals surface area contributed by atoms with Gasteiger partial charge in [0.25, 0.3) is 0 Å². The van der Waals surface area contributed by atoms with Crippen molar-refractivity contribution in [1.29, 1.82) is 0 Å². The molecule has 7 nitrogen and oxygen atoms in total. The molecule has 27 heavy (non-hydrogen) atoms. The first-order valence-corrected chi connectivity index (χ1v) is 10.6. The van der Waals surface area contributed by atoms with Crippen molar-refractivity contribution in [2.24, 2.45) is 16.3 Å². The minimum Gasteiger partial charge on any atom is -0.355 e. The average Bonchev–Trinajstić information content (AvgIpc) is 3.02. The zero-order valence-corrected chi connectivity index (χ0v) is 16.7. The normalized spacial score (nSPS) is 26.9. The number of piperidine rings is 1. The maximum atomic E-state index is 12.1. The first kappa shape index (κ1) is 20.0. The van der Waals surface area contributed by atoms with E-state index in [1.54, 1.807) is 7.05 Å². The van der Waals surface area contributed by atoms with E-state index in [-0.39, 0.29) is 17.2 Å². The number of hydrogen-bond acceptors (Lipinski definition) is 3. The van der Waals surface area contributed by atoms with Crippen molar-refractivity contribution in [3.05, 3.63) is 0 Å². The lowest BCUT2D eigenvalue weighted by atomic mass is 9.79. The van der Waals surface area contributed by atoms with Crippen LogP contribution in [-0.4, -0.2) is 62.4 Å². The maximum Gasteiger partial charge on any atom is 0.220 e. The molecule has 3 fully saturated rings. The van der Waals surface area contributed by atoms with Gasteiger partial charge in [0.1, 0.15) is 0 Å². The number of likely N-dealkylation sites (tertiary alicyclic amines) is 1. The third-order valence-electron chi connectivity index (χ3n) is 6.30. The summed E-state index contributed by atoms with van der Waals surface area (Å²) in [7, 11) is 1.79. The van der Waals surface area contributed by atoms with Gasteiger partial charge in [0.05, 0.1) is 0 Å². The summed E-state index contributed by atoms with van der Waals surface area (Å²) in [6.45, 7) is 3.88. The topological polar surface area (TPSA) is 85.8 Å². The summed E-state index contributed by atoms with van der Waals surface area (Å²) in [4.78, 5) is 30.4. The largest absolute Gasteiger partial charge is 0.355 e. The molecule has 0 radical (unpaired) electrons. The number of nitrogens with zero attached hydrogens (tertiary/aromatic N) is 2. The molecule has 0 aromatic heterocycles. The van der Waals surface area contributed by atoms with E-state index in [1.807, 2.05) is 0 Å². The lowest BCUT2D eigenvalue weighted by Crippen LogP contribution is -2.52. The zero-order valence-electron chi connectivity index (χ0n) is 16.7. The minimum absolute atomic E-state index is 0.0567. The smallest absolute Gasteiger partial charge is 0.220 e. The van der Waals surface area contributed by atoms with E-state index in [2.05, 4.69) is 25.8 Å². The molecule has 7 heteroatoms. The summed E-state index contributed by atoms with van der Waals surface area (Å²) in [5, 5.41) is 9.39. The van der Waals surface area contributed by atoms with Crippen molar-refractivity contribution in [3.8, 4) is 0 Å². The number of carbonyl (C=O) groups is 2. The summed E-state index contributed by atoms with van der Waals surface area (Å²) in [6.07, 6.45) is 9.73. The van der Waals surface area contributed by atoms with Crippen LogP contribution in [0.15, 0.2) is 4.99 Å². The SMILES string of the molecule is CN=C(NCCNC(=O)CC1CCCCC1)N1CCCC2(CNC(=O)C2)C1. The molecule has 0 bridgehead atoms. The predicted octanol–water partition coefficient (Wildman–Crippen LogP) is 1.25. The average molecular weight is 378 g/mol. The van der Waals surface area contributed by atoms with E-state index in [9.17, 15) is 9.59 Å². The number of hydrogen-bond donors (Lipinski definition) is 3. The van der Waals surface area contributed by atoms with Crippen LogP contribution < -0.4 is 16.0 Å². The Morgan fingerprint density at radius 3 is 2.70 bits per heavy atom. The Morgan fingerprint density at radius 1 is 1.22 bits per heavy atom. The highest BCUT2D eigenvalue weighted by atomic mass is 16.2. The Balaban J connectivity index is 1.37. The first-order chi connectivity index (χ1) is 13.1. The van der Waals surface area contributed by atoms with Crippen molar-refractivity contribution < 1.29 is 9.59 Å². The van der Waals surface area contributed by atoms with Crippen molar-refractivity contribution in [3.63, 3.8) is 0 Å². The third-order valence-corrected chi connectivity index (χ3v) is 6.30. The van der Waals surface area contributed by atoms with Crippen LogP contribution in [0.25, 0.3) is 0 Å². The van der Waals surface area contributed by atoms with Crippen molar-refractivity contribution >= 4 is 17.8 Å². The number of nitrogens with one attached hydrogen (secondary N) is 3. The molecule has 3 aliphatic rings. The number of guanidine groups is 1. The monoisotopic (exact) mass is 377 g/mol. The van der Waals surface area contributed by atoms with Crippen LogP contribution in [-0.2, 0) is 9.59 Å². The number of amides is 2. The summed E-state index contributed by atoms with van der Waals surface area (Å²) in [5.41, 5.74) is 0.0567. The lowest BCUT2D eigenvalue weighted by Gasteiger charge is -2.40. The second-order valence-corrected chi connectivity index (χ2v) is 8.51. The Kier molecular flexibility index (Phi) is 6.96. The molecule has 152 valence electrons. The van der Waals surface area contributed by atoms with Gasteiger partial charge in [-0.05, 0) is 31.6 Å². The van der Waals surface area contributed by atoms with E-state index in [0.29, 0.717) is 31.8 Å². The highest BCUT2D eigenvalue weighted by molar-refractivity contribution is 5.82. The maximum absolute atomic E-state index is 12.1. The van der Waals surface area contributed by atoms with Crippen LogP contribution in [0.3, 0.4) is 0 Å². The van der Waals surface area contributed by atoms with Crippen LogP contribution in [0.1, 0.15) is 57.8 Å². The van der Waals surface area contributed by atoms with Crippen LogP contribution >= 0.6 is 0 Å². The molecule has 2 amide bonds. The standard InChI is InChI=1S/C20H35N5O2/c1-21-19(25-11-5-8-20(15-25)13-18(27)24-14-20)23-10-9-22-17(26)12-16-6-3-2-4-7-16/h16H,2-15H2,1H3,(H,21,23)(H,22,26)(H,24,27). The Morgan fingerprint density at radius 2 is 2.00 bits per heavy atom. The molecule has 3 N–H and O–H groups in total. The fourth-order valence-corrected chi connectivity index (χ4v) is 4.86. The minimum atomic E-state index is 0.0567. The molecule has 2 heterocycles. The second kappa shape index (κ2) is 9.42. The van der Waals surface area contributed by atoms with Crippen LogP contribution in [0.5, 0.6) is 0 Å². The van der Waals surface area contributed by atoms with Gasteiger partial charge < -0.3 is 20.9 Å². The molecule has 1 spiro atoms. The van der Waals surface area contributed by atoms with Gasteiger partial charge >= 0.3 is 0 Å². The Bertz CT molecular complexity index is 559. The molecule has 2 aliphatic heterocycles. The first-order valence-electron chi connectivity index (χ1n) is 10.6. The highest BCUT2D eigenvalue weighted by Gasteiger charge is 2.42. The molecular weight excluding hydrogens is 342 g/mol. The van der Waals surface area contributed by atoms with Gasteiger partial charge in [0.2, 0.25) is 11.8 Å². The molecule has 3 rings (SSSR count). The molecule has 0 aromatic carbocycles. The fraction of sp³-hybridized carbons (Fsp3) is 0.850. The number of carbonyl (C=O) groups excluding carboxylic acids is 2. The van der Waals surface area contributed by atoms with Gasteiger partial charge in [0.15, 0.2) is 5.96 Å². The molecular formula is C20H35N5O2. The van der Waals surface area contributed by atoms with Crippen molar-refractivity contribution in [2.45, 2.75) is 57.8 Å². The van der Waals surface area contributed by atoms with Crippen LogP contribution in [0.2, 0.25) is 0 Å². The van der Waals surface area contributed by atoms with E-state index in [0.717, 1.165) is 38.4 Å². The summed E-state index contributed by atoms with van der Waals surface area (Å²) >= 11 is 0. The molecule has 0 aromatic rings. The van der Waals surface area contributed by atoms with E-state index in [1.165, 1.54) is 32.1 Å². The molecule has 2 saturated heterocycles. The third kappa shape index (κ3) is 5.59. The summed E-state index contributed by atoms with van der Waals surface area (Å²) < 4.78 is 0. The number of rotatable bonds is 5. The van der Waals surface area contributed by atoms with E-state index in [4.69, 9.17) is 0 Å². The van der Waals surface area contributed by atoms with Gasteiger partial charge in [-0.3, -0.25) is 14.6 Å². The van der Waals surface area contributed by atoms with E-state index < -0.39 is 0 Å². The summed E-state index contributed by atoms with van der Waals surface area (Å²) in [6, 6.07) is 0. The van der Waals surface area contributed by atoms with Gasteiger partial charge in [-0.15, -0.1) is 0 Å². The second-order valence-electron chi connectivity index (χ2n) is 8.51. The summed E-state index contributed by atoms with van der Waals surface area (Å²) in [5.74, 6) is 1.79. The predicted molar refractivity (Wildman–Crippen MR) is 106 cm³/mol. The van der Waals surface area contributed by atoms with Gasteiger partial charge in [-0.1, -0.05) is 19.3 Å². The highest BCUT2D eigenvalue weighted by Crippen LogP contribution is 2.35. The number of aliphatic imine (C=N–C) groups is 1. The molecule has 1 unspecified atom stereocenters. The zero-order chi connectivity index (χ0) is 19.1. The van der Waals surface area contributed by atoms with E-state index >= 15 is 0 Å². The molecule has 1 saturated carbocycles. The Hall–Kier alpha value is -1.79. The van der Waals surface area contributed by atoms with Gasteiger partial charge in [-0.2, -0.15) is 0 Å². The quantitative estimate of drug-likeness (QED) is 0.382. The van der Waals surface area contributed by atoms with Gasteiger partial charge in [0, 0.05) is 58.0 Å². The van der Waals surface area contributed by atoms with Crippen molar-refractivity contribution in [1.82, 2.24) is 20.9 Å². The molecule has 1 aliphatic carbocycles. The van der Waals surface area contributed by atoms with Crippen molar-refractivity contribution in [2.75, 3.05) is 39.8 Å².